The second-order valence-electron chi connectivity index (χ2n) is 6.95. The number of carbonyl (C=O) groups is 2. The molecule has 5 heteroatoms. The topological polar surface area (TPSA) is 78.4 Å². The fraction of sp³-hybridized carbons (Fsp3) is 0.556. The third kappa shape index (κ3) is 4.10. The van der Waals surface area contributed by atoms with Crippen LogP contribution in [0.3, 0.4) is 0 Å². The Balaban J connectivity index is 1.63. The van der Waals surface area contributed by atoms with Crippen LogP contribution in [0.2, 0.25) is 0 Å². The van der Waals surface area contributed by atoms with Gasteiger partial charge in [-0.2, -0.15) is 0 Å². The fourth-order valence-corrected chi connectivity index (χ4v) is 3.13. The Kier molecular flexibility index (Phi) is 4.39. The summed E-state index contributed by atoms with van der Waals surface area (Å²) in [5.74, 6) is 0.0144. The van der Waals surface area contributed by atoms with E-state index in [1.165, 1.54) is 0 Å². The summed E-state index contributed by atoms with van der Waals surface area (Å²) in [6.45, 7) is 1.91. The Labute approximate surface area is 136 Å². The number of rotatable bonds is 5. The first-order valence-corrected chi connectivity index (χ1v) is 8.39. The minimum atomic E-state index is -0.851. The van der Waals surface area contributed by atoms with Crippen molar-refractivity contribution in [3.8, 4) is 0 Å². The second kappa shape index (κ2) is 6.32. The first kappa shape index (κ1) is 16.0. The van der Waals surface area contributed by atoms with Gasteiger partial charge >= 0.3 is 0 Å². The highest BCUT2D eigenvalue weighted by molar-refractivity contribution is 5.96. The third-order valence-electron chi connectivity index (χ3n) is 4.75. The second-order valence-corrected chi connectivity index (χ2v) is 6.95. The molecule has 0 atom stereocenters. The molecule has 3 rings (SSSR count). The van der Waals surface area contributed by atoms with E-state index < -0.39 is 5.60 Å². The van der Waals surface area contributed by atoms with Crippen molar-refractivity contribution in [2.75, 3.05) is 10.6 Å². The monoisotopic (exact) mass is 316 g/mol. The molecule has 1 aromatic rings. The summed E-state index contributed by atoms with van der Waals surface area (Å²) in [6.07, 6.45) is 5.38. The van der Waals surface area contributed by atoms with Gasteiger partial charge in [-0.3, -0.25) is 9.59 Å². The normalized spacial score (nSPS) is 19.4. The van der Waals surface area contributed by atoms with Gasteiger partial charge in [-0.1, -0.05) is 18.9 Å². The molecule has 2 amide bonds. The van der Waals surface area contributed by atoms with Crippen molar-refractivity contribution in [2.24, 2.45) is 5.92 Å². The van der Waals surface area contributed by atoms with Gasteiger partial charge in [0.25, 0.3) is 0 Å². The van der Waals surface area contributed by atoms with Crippen molar-refractivity contribution in [1.82, 2.24) is 0 Å². The van der Waals surface area contributed by atoms with Crippen LogP contribution in [0.4, 0.5) is 11.4 Å². The molecule has 23 heavy (non-hydrogen) atoms. The standard InChI is InChI=1S/C18H24N2O3/c1-12-4-7-14(19-17(22)13-5-6-13)10-15(12)20-16(21)11-18(23)8-2-3-9-18/h4,7,10,13,23H,2-3,5-6,8-9,11H2,1H3,(H,19,22)(H,20,21). The van der Waals surface area contributed by atoms with E-state index in [2.05, 4.69) is 10.6 Å². The molecule has 0 bridgehead atoms. The summed E-state index contributed by atoms with van der Waals surface area (Å²) in [6, 6.07) is 5.50. The molecule has 0 radical (unpaired) electrons. The molecule has 0 saturated heterocycles. The number of amides is 2. The van der Waals surface area contributed by atoms with Gasteiger partial charge in [0.05, 0.1) is 12.0 Å². The van der Waals surface area contributed by atoms with Crippen LogP contribution in [0.15, 0.2) is 18.2 Å². The number of aliphatic hydroxyl groups is 1. The maximum atomic E-state index is 12.2. The van der Waals surface area contributed by atoms with Crippen LogP contribution in [0.5, 0.6) is 0 Å². The average Bonchev–Trinajstić information content (AvgIpc) is 3.25. The Morgan fingerprint density at radius 3 is 2.57 bits per heavy atom. The van der Waals surface area contributed by atoms with Gasteiger partial charge in [0.15, 0.2) is 0 Å². The van der Waals surface area contributed by atoms with Crippen LogP contribution in [-0.2, 0) is 9.59 Å². The fourth-order valence-electron chi connectivity index (χ4n) is 3.13. The molecule has 3 N–H and O–H groups in total. The number of benzene rings is 1. The molecule has 0 spiro atoms. The highest BCUT2D eigenvalue weighted by atomic mass is 16.3. The molecule has 124 valence electrons. The van der Waals surface area contributed by atoms with Crippen LogP contribution in [0, 0.1) is 12.8 Å². The quantitative estimate of drug-likeness (QED) is 0.781. The van der Waals surface area contributed by atoms with Crippen LogP contribution in [0.1, 0.15) is 50.5 Å². The van der Waals surface area contributed by atoms with Gasteiger partial charge < -0.3 is 15.7 Å². The van der Waals surface area contributed by atoms with Crippen LogP contribution < -0.4 is 10.6 Å². The highest BCUT2D eigenvalue weighted by Crippen LogP contribution is 2.33. The SMILES string of the molecule is Cc1ccc(NC(=O)C2CC2)cc1NC(=O)CC1(O)CCCC1. The number of aryl methyl sites for hydroxylation is 1. The number of hydrogen-bond acceptors (Lipinski definition) is 3. The Hall–Kier alpha value is -1.88. The predicted octanol–water partition coefficient (Wildman–Crippen LogP) is 2.98. The zero-order valence-electron chi connectivity index (χ0n) is 13.5. The highest BCUT2D eigenvalue weighted by Gasteiger charge is 2.33. The van der Waals surface area contributed by atoms with Gasteiger partial charge in [0, 0.05) is 17.3 Å². The molecular weight excluding hydrogens is 292 g/mol. The molecule has 2 saturated carbocycles. The van der Waals surface area contributed by atoms with Crippen molar-refractivity contribution in [3.05, 3.63) is 23.8 Å². The number of nitrogens with one attached hydrogen (secondary N) is 2. The lowest BCUT2D eigenvalue weighted by Gasteiger charge is -2.21. The van der Waals surface area contributed by atoms with Gasteiger partial charge in [-0.05, 0) is 50.3 Å². The molecule has 5 nitrogen and oxygen atoms in total. The Bertz CT molecular complexity index is 617. The maximum absolute atomic E-state index is 12.2. The van der Waals surface area contributed by atoms with E-state index in [4.69, 9.17) is 0 Å². The minimum absolute atomic E-state index is 0.0476. The summed E-state index contributed by atoms with van der Waals surface area (Å²) in [5, 5.41) is 16.1. The number of carbonyl (C=O) groups excluding carboxylic acids is 2. The van der Waals surface area contributed by atoms with Crippen molar-refractivity contribution < 1.29 is 14.7 Å². The summed E-state index contributed by atoms with van der Waals surface area (Å²) in [7, 11) is 0. The van der Waals surface area contributed by atoms with Gasteiger partial charge in [0.2, 0.25) is 11.8 Å². The zero-order chi connectivity index (χ0) is 16.4. The molecule has 1 aromatic carbocycles. The van der Waals surface area contributed by atoms with E-state index >= 15 is 0 Å². The van der Waals surface area contributed by atoms with Gasteiger partial charge in [-0.15, -0.1) is 0 Å². The molecule has 0 aliphatic heterocycles. The lowest BCUT2D eigenvalue weighted by atomic mass is 9.97. The van der Waals surface area contributed by atoms with Crippen LogP contribution >= 0.6 is 0 Å². The molecular formula is C18H24N2O3. The van der Waals surface area contributed by atoms with E-state index in [1.807, 2.05) is 19.1 Å². The Morgan fingerprint density at radius 2 is 1.91 bits per heavy atom. The zero-order valence-corrected chi connectivity index (χ0v) is 13.5. The van der Waals surface area contributed by atoms with Crippen LogP contribution in [-0.4, -0.2) is 22.5 Å². The van der Waals surface area contributed by atoms with E-state index in [0.29, 0.717) is 24.2 Å². The van der Waals surface area contributed by atoms with E-state index in [-0.39, 0.29) is 24.2 Å². The molecule has 0 unspecified atom stereocenters. The van der Waals surface area contributed by atoms with E-state index in [9.17, 15) is 14.7 Å². The Morgan fingerprint density at radius 1 is 1.22 bits per heavy atom. The number of anilines is 2. The lowest BCUT2D eigenvalue weighted by molar-refractivity contribution is -0.121. The van der Waals surface area contributed by atoms with Gasteiger partial charge in [0.1, 0.15) is 0 Å². The third-order valence-corrected chi connectivity index (χ3v) is 4.75. The average molecular weight is 316 g/mol. The molecule has 2 aliphatic rings. The summed E-state index contributed by atoms with van der Waals surface area (Å²) in [4.78, 5) is 24.1. The maximum Gasteiger partial charge on any atom is 0.227 e. The number of hydrogen-bond donors (Lipinski definition) is 3. The van der Waals surface area contributed by atoms with Crippen molar-refractivity contribution in [1.29, 1.82) is 0 Å². The summed E-state index contributed by atoms with van der Waals surface area (Å²) in [5.41, 5.74) is 1.46. The lowest BCUT2D eigenvalue weighted by Crippen LogP contribution is -2.30. The molecule has 2 fully saturated rings. The van der Waals surface area contributed by atoms with E-state index in [0.717, 1.165) is 31.2 Å². The molecule has 0 heterocycles. The van der Waals surface area contributed by atoms with E-state index in [1.54, 1.807) is 6.07 Å². The van der Waals surface area contributed by atoms with Crippen LogP contribution in [0.25, 0.3) is 0 Å². The summed E-state index contributed by atoms with van der Waals surface area (Å²) >= 11 is 0. The van der Waals surface area contributed by atoms with Gasteiger partial charge in [-0.25, -0.2) is 0 Å². The smallest absolute Gasteiger partial charge is 0.227 e. The predicted molar refractivity (Wildman–Crippen MR) is 89.2 cm³/mol. The largest absolute Gasteiger partial charge is 0.389 e. The molecule has 2 aliphatic carbocycles. The summed E-state index contributed by atoms with van der Waals surface area (Å²) < 4.78 is 0. The first-order valence-electron chi connectivity index (χ1n) is 8.39. The minimum Gasteiger partial charge on any atom is -0.389 e. The first-order chi connectivity index (χ1) is 11.0. The molecule has 0 aromatic heterocycles. The van der Waals surface area contributed by atoms with Crippen molar-refractivity contribution >= 4 is 23.2 Å². The van der Waals surface area contributed by atoms with Crippen molar-refractivity contribution in [2.45, 2.75) is 57.5 Å². The van der Waals surface area contributed by atoms with Crippen molar-refractivity contribution in [3.63, 3.8) is 0 Å².